The van der Waals surface area contributed by atoms with Crippen LogP contribution in [0.5, 0.6) is 0 Å². The third kappa shape index (κ3) is 3.64. The Morgan fingerprint density at radius 1 is 0.442 bits per heavy atom. The van der Waals surface area contributed by atoms with Crippen molar-refractivity contribution in [2.45, 2.75) is 0 Å². The van der Waals surface area contributed by atoms with Crippen LogP contribution < -0.4 is 0 Å². The molecule has 202 valence electrons. The summed E-state index contributed by atoms with van der Waals surface area (Å²) in [6.07, 6.45) is 0. The van der Waals surface area contributed by atoms with E-state index < -0.39 is 0 Å². The average molecular weight is 568 g/mol. The molecule has 43 heavy (non-hydrogen) atoms. The summed E-state index contributed by atoms with van der Waals surface area (Å²) in [5.74, 6) is 0. The molecule has 3 aromatic heterocycles. The minimum absolute atomic E-state index is 0.964. The minimum atomic E-state index is 0.964. The molecule has 0 saturated carbocycles. The second-order valence-electron chi connectivity index (χ2n) is 10.8. The van der Waals surface area contributed by atoms with Crippen molar-refractivity contribution in [3.8, 4) is 32.5 Å². The fourth-order valence-corrected chi connectivity index (χ4v) is 7.66. The van der Waals surface area contributed by atoms with Gasteiger partial charge in [-0.1, -0.05) is 133 Å². The Morgan fingerprint density at radius 2 is 1.02 bits per heavy atom. The number of aromatic nitrogens is 3. The molecule has 3 heterocycles. The van der Waals surface area contributed by atoms with Gasteiger partial charge in [0.2, 0.25) is 0 Å². The molecule has 0 fully saturated rings. The predicted molar refractivity (Wildman–Crippen MR) is 182 cm³/mol. The molecule has 0 aliphatic rings. The second kappa shape index (κ2) is 9.55. The van der Waals surface area contributed by atoms with Gasteiger partial charge in [-0.15, -0.1) is 0 Å². The van der Waals surface area contributed by atoms with Crippen LogP contribution >= 0.6 is 11.3 Å². The standard InChI is InChI=1S/C39H25N3S/c1-4-14-26(15-5-1)36-38(27-16-6-2-7-17-27)43-39(40-36)42-33-23-13-11-21-31(33)35-34(42)25-24-30-29-20-10-12-22-32(29)41(37(30)35)28-18-8-3-9-19-28/h1-25H. The van der Waals surface area contributed by atoms with Crippen molar-refractivity contribution in [3.05, 3.63) is 152 Å². The first-order chi connectivity index (χ1) is 21.4. The molecule has 0 amide bonds. The average Bonchev–Trinajstić information content (AvgIpc) is 3.76. The summed E-state index contributed by atoms with van der Waals surface area (Å²) in [7, 11) is 0. The molecule has 4 heteroatoms. The Kier molecular flexibility index (Phi) is 5.37. The number of thiazole rings is 1. The topological polar surface area (TPSA) is 22.8 Å². The quantitative estimate of drug-likeness (QED) is 0.207. The maximum Gasteiger partial charge on any atom is 0.195 e. The lowest BCUT2D eigenvalue weighted by molar-refractivity contribution is 1.14. The number of fused-ring (bicyclic) bond motifs is 7. The summed E-state index contributed by atoms with van der Waals surface area (Å²) in [6, 6.07) is 53.9. The normalized spacial score (nSPS) is 11.7. The third-order valence-electron chi connectivity index (χ3n) is 8.37. The predicted octanol–water partition coefficient (Wildman–Crippen LogP) is 10.7. The van der Waals surface area contributed by atoms with Crippen molar-refractivity contribution >= 4 is 54.9 Å². The summed E-state index contributed by atoms with van der Waals surface area (Å²) in [5, 5.41) is 5.94. The number of para-hydroxylation sites is 3. The molecular weight excluding hydrogens is 543 g/mol. The van der Waals surface area contributed by atoms with Gasteiger partial charge in [-0.05, 0) is 35.9 Å². The van der Waals surface area contributed by atoms with E-state index in [2.05, 4.69) is 161 Å². The first-order valence-corrected chi connectivity index (χ1v) is 15.3. The lowest BCUT2D eigenvalue weighted by atomic mass is 10.1. The summed E-state index contributed by atoms with van der Waals surface area (Å²) >= 11 is 1.75. The lowest BCUT2D eigenvalue weighted by Gasteiger charge is -2.09. The van der Waals surface area contributed by atoms with Gasteiger partial charge in [0.15, 0.2) is 5.13 Å². The summed E-state index contributed by atoms with van der Waals surface area (Å²) < 4.78 is 4.79. The maximum absolute atomic E-state index is 5.38. The van der Waals surface area contributed by atoms with Gasteiger partial charge in [0, 0.05) is 32.8 Å². The van der Waals surface area contributed by atoms with Crippen LogP contribution in [0.2, 0.25) is 0 Å². The molecular formula is C39H25N3S. The molecule has 0 N–H and O–H groups in total. The van der Waals surface area contributed by atoms with Gasteiger partial charge in [0.1, 0.15) is 0 Å². The van der Waals surface area contributed by atoms with Gasteiger partial charge in [-0.3, -0.25) is 4.57 Å². The molecule has 0 atom stereocenters. The fourth-order valence-electron chi connectivity index (χ4n) is 6.54. The van der Waals surface area contributed by atoms with Crippen LogP contribution in [0.25, 0.3) is 76.1 Å². The van der Waals surface area contributed by atoms with Crippen LogP contribution in [0.15, 0.2) is 152 Å². The Labute approximate surface area is 252 Å². The zero-order valence-electron chi connectivity index (χ0n) is 23.2. The van der Waals surface area contributed by atoms with Crippen molar-refractivity contribution in [1.29, 1.82) is 0 Å². The first-order valence-electron chi connectivity index (χ1n) is 14.5. The Balaban J connectivity index is 1.42. The summed E-state index contributed by atoms with van der Waals surface area (Å²) in [5.41, 5.74) is 9.21. The number of rotatable bonds is 4. The van der Waals surface area contributed by atoms with E-state index in [9.17, 15) is 0 Å². The Morgan fingerprint density at radius 3 is 1.74 bits per heavy atom. The van der Waals surface area contributed by atoms with Gasteiger partial charge < -0.3 is 4.57 Å². The fraction of sp³-hybridized carbons (Fsp3) is 0. The van der Waals surface area contributed by atoms with E-state index in [0.29, 0.717) is 0 Å². The van der Waals surface area contributed by atoms with Gasteiger partial charge in [-0.2, -0.15) is 0 Å². The van der Waals surface area contributed by atoms with E-state index in [1.54, 1.807) is 11.3 Å². The van der Waals surface area contributed by atoms with Crippen LogP contribution in [0.3, 0.4) is 0 Å². The Hall–Kier alpha value is -5.45. The van der Waals surface area contributed by atoms with Crippen LogP contribution in [0.4, 0.5) is 0 Å². The molecule has 6 aromatic carbocycles. The van der Waals surface area contributed by atoms with E-state index in [1.165, 1.54) is 43.0 Å². The minimum Gasteiger partial charge on any atom is -0.309 e. The van der Waals surface area contributed by atoms with E-state index in [0.717, 1.165) is 33.1 Å². The molecule has 0 aliphatic carbocycles. The van der Waals surface area contributed by atoms with Gasteiger partial charge >= 0.3 is 0 Å². The highest BCUT2D eigenvalue weighted by atomic mass is 32.1. The molecule has 0 radical (unpaired) electrons. The van der Waals surface area contributed by atoms with Crippen molar-refractivity contribution < 1.29 is 0 Å². The highest BCUT2D eigenvalue weighted by Crippen LogP contribution is 2.44. The molecule has 9 aromatic rings. The van der Waals surface area contributed by atoms with Crippen molar-refractivity contribution in [2.75, 3.05) is 0 Å². The molecule has 9 rings (SSSR count). The van der Waals surface area contributed by atoms with Crippen molar-refractivity contribution in [3.63, 3.8) is 0 Å². The third-order valence-corrected chi connectivity index (χ3v) is 9.46. The molecule has 0 spiro atoms. The van der Waals surface area contributed by atoms with Crippen LogP contribution in [-0.2, 0) is 0 Å². The molecule has 0 unspecified atom stereocenters. The van der Waals surface area contributed by atoms with E-state index in [-0.39, 0.29) is 0 Å². The summed E-state index contributed by atoms with van der Waals surface area (Å²) in [4.78, 5) is 6.55. The second-order valence-corrected chi connectivity index (χ2v) is 11.8. The molecule has 0 bridgehead atoms. The van der Waals surface area contributed by atoms with Crippen LogP contribution in [-0.4, -0.2) is 14.1 Å². The van der Waals surface area contributed by atoms with Crippen LogP contribution in [0.1, 0.15) is 0 Å². The maximum atomic E-state index is 5.38. The number of nitrogens with zero attached hydrogens (tertiary/aromatic N) is 3. The highest BCUT2D eigenvalue weighted by Gasteiger charge is 2.23. The van der Waals surface area contributed by atoms with E-state index >= 15 is 0 Å². The van der Waals surface area contributed by atoms with Crippen molar-refractivity contribution in [2.24, 2.45) is 0 Å². The largest absolute Gasteiger partial charge is 0.309 e. The van der Waals surface area contributed by atoms with Gasteiger partial charge in [0.05, 0.1) is 32.6 Å². The SMILES string of the molecule is c1ccc(-c2nc(-n3c4ccccc4c4c3ccc3c5ccccc5n(-c5ccccc5)c34)sc2-c2ccccc2)cc1. The van der Waals surface area contributed by atoms with Crippen LogP contribution in [0, 0.1) is 0 Å². The first kappa shape index (κ1) is 24.2. The lowest BCUT2D eigenvalue weighted by Crippen LogP contribution is -1.95. The van der Waals surface area contributed by atoms with E-state index in [4.69, 9.17) is 4.98 Å². The number of hydrogen-bond donors (Lipinski definition) is 0. The molecule has 0 aliphatic heterocycles. The van der Waals surface area contributed by atoms with Gasteiger partial charge in [0.25, 0.3) is 0 Å². The van der Waals surface area contributed by atoms with E-state index in [1.807, 2.05) is 0 Å². The zero-order valence-corrected chi connectivity index (χ0v) is 24.0. The van der Waals surface area contributed by atoms with Gasteiger partial charge in [-0.25, -0.2) is 4.98 Å². The van der Waals surface area contributed by atoms with Crippen molar-refractivity contribution in [1.82, 2.24) is 14.1 Å². The summed E-state index contributed by atoms with van der Waals surface area (Å²) in [6.45, 7) is 0. The smallest absolute Gasteiger partial charge is 0.195 e. The number of benzene rings is 6. The molecule has 3 nitrogen and oxygen atoms in total. The monoisotopic (exact) mass is 567 g/mol. The number of hydrogen-bond acceptors (Lipinski definition) is 2. The zero-order chi connectivity index (χ0) is 28.3. The molecule has 0 saturated heterocycles. The Bertz CT molecular complexity index is 2380. The highest BCUT2D eigenvalue weighted by molar-refractivity contribution is 7.18.